The molecule has 0 bridgehead atoms. The molecule has 3 rings (SSSR count). The Morgan fingerprint density at radius 2 is 1.42 bits per heavy atom. The molecule has 0 aliphatic carbocycles. The van der Waals surface area contributed by atoms with Gasteiger partial charge in [0.2, 0.25) is 0 Å². The summed E-state index contributed by atoms with van der Waals surface area (Å²) in [6.45, 7) is 0.574. The Hall–Kier alpha value is -2.62. The summed E-state index contributed by atoms with van der Waals surface area (Å²) in [6, 6.07) is 26.2. The highest BCUT2D eigenvalue weighted by Gasteiger charge is 2.30. The number of benzene rings is 3. The van der Waals surface area contributed by atoms with Crippen LogP contribution in [0, 0.1) is 0 Å². The molecule has 0 amide bonds. The van der Waals surface area contributed by atoms with Crippen LogP contribution in [0.25, 0.3) is 0 Å². The number of nitrogens with one attached hydrogen (secondary N) is 1. The fraction of sp³-hybridized carbons (Fsp3) is 0.136. The molecule has 4 heteroatoms. The van der Waals surface area contributed by atoms with Crippen molar-refractivity contribution >= 4 is 17.6 Å². The van der Waals surface area contributed by atoms with E-state index in [-0.39, 0.29) is 6.04 Å². The van der Waals surface area contributed by atoms with Crippen molar-refractivity contribution in [1.29, 1.82) is 0 Å². The summed E-state index contributed by atoms with van der Waals surface area (Å²) in [5, 5.41) is 14.0. The van der Waals surface area contributed by atoms with Crippen LogP contribution in [0.1, 0.15) is 28.7 Å². The average Bonchev–Trinajstić information content (AvgIpc) is 2.67. The number of carbonyl (C=O) groups is 1. The summed E-state index contributed by atoms with van der Waals surface area (Å²) in [5.41, 5.74) is 2.76. The van der Waals surface area contributed by atoms with E-state index in [1.807, 2.05) is 72.8 Å². The normalized spacial score (nSPS) is 13.1. The van der Waals surface area contributed by atoms with Gasteiger partial charge >= 0.3 is 5.97 Å². The molecule has 0 fully saturated rings. The van der Waals surface area contributed by atoms with Crippen LogP contribution < -0.4 is 5.32 Å². The third kappa shape index (κ3) is 4.51. The minimum absolute atomic E-state index is 0.382. The largest absolute Gasteiger partial charge is 0.481 e. The number of hydrogen-bond donors (Lipinski definition) is 2. The van der Waals surface area contributed by atoms with Gasteiger partial charge in [-0.1, -0.05) is 84.4 Å². The molecule has 2 N–H and O–H groups in total. The molecule has 132 valence electrons. The van der Waals surface area contributed by atoms with Crippen molar-refractivity contribution in [3.63, 3.8) is 0 Å². The van der Waals surface area contributed by atoms with Gasteiger partial charge in [0, 0.05) is 17.6 Å². The van der Waals surface area contributed by atoms with E-state index >= 15 is 0 Å². The monoisotopic (exact) mass is 365 g/mol. The molecule has 3 aromatic carbocycles. The standard InChI is InChI=1S/C22H20ClNO2/c23-19-13-11-18(12-14-19)21(24-15-16-7-3-1-4-8-16)20(22(25)26)17-9-5-2-6-10-17/h1-14,20-21,24H,15H2,(H,25,26). The van der Waals surface area contributed by atoms with E-state index in [0.717, 1.165) is 16.7 Å². The maximum Gasteiger partial charge on any atom is 0.312 e. The quantitative estimate of drug-likeness (QED) is 0.616. The number of hydrogen-bond acceptors (Lipinski definition) is 2. The van der Waals surface area contributed by atoms with Gasteiger partial charge in [-0.05, 0) is 28.8 Å². The lowest BCUT2D eigenvalue weighted by Gasteiger charge is -2.26. The number of aliphatic carboxylic acids is 1. The lowest BCUT2D eigenvalue weighted by molar-refractivity contribution is -0.139. The zero-order valence-electron chi connectivity index (χ0n) is 14.2. The second-order valence-corrected chi connectivity index (χ2v) is 6.56. The second kappa shape index (κ2) is 8.65. The number of halogens is 1. The van der Waals surface area contributed by atoms with Gasteiger partial charge in [0.15, 0.2) is 0 Å². The maximum absolute atomic E-state index is 12.1. The van der Waals surface area contributed by atoms with E-state index in [4.69, 9.17) is 11.6 Å². The van der Waals surface area contributed by atoms with Crippen LogP contribution in [-0.2, 0) is 11.3 Å². The van der Waals surface area contributed by atoms with Crippen LogP contribution in [0.3, 0.4) is 0 Å². The average molecular weight is 366 g/mol. The van der Waals surface area contributed by atoms with Crippen molar-refractivity contribution in [2.24, 2.45) is 0 Å². The summed E-state index contributed by atoms with van der Waals surface area (Å²) >= 11 is 6.01. The predicted molar refractivity (Wildman–Crippen MR) is 104 cm³/mol. The molecule has 3 aromatic rings. The summed E-state index contributed by atoms with van der Waals surface area (Å²) in [6.07, 6.45) is 0. The Labute approximate surface area is 158 Å². The molecule has 0 saturated carbocycles. The molecule has 26 heavy (non-hydrogen) atoms. The van der Waals surface area contributed by atoms with E-state index in [1.54, 1.807) is 12.1 Å². The van der Waals surface area contributed by atoms with Crippen LogP contribution in [0.15, 0.2) is 84.9 Å². The van der Waals surface area contributed by atoms with Crippen LogP contribution in [-0.4, -0.2) is 11.1 Å². The van der Waals surface area contributed by atoms with Crippen molar-refractivity contribution in [3.8, 4) is 0 Å². The smallest absolute Gasteiger partial charge is 0.312 e. The zero-order chi connectivity index (χ0) is 18.4. The van der Waals surface area contributed by atoms with Gasteiger partial charge in [0.1, 0.15) is 5.92 Å². The Balaban J connectivity index is 1.95. The molecule has 2 atom stereocenters. The van der Waals surface area contributed by atoms with Crippen molar-refractivity contribution in [2.75, 3.05) is 0 Å². The van der Waals surface area contributed by atoms with Crippen molar-refractivity contribution < 1.29 is 9.90 Å². The Morgan fingerprint density at radius 1 is 0.846 bits per heavy atom. The van der Waals surface area contributed by atoms with E-state index < -0.39 is 11.9 Å². The molecule has 0 saturated heterocycles. The third-order valence-electron chi connectivity index (χ3n) is 4.36. The lowest BCUT2D eigenvalue weighted by atomic mass is 9.87. The second-order valence-electron chi connectivity index (χ2n) is 6.12. The first kappa shape index (κ1) is 18.2. The number of carboxylic acid groups (broad SMARTS) is 1. The first-order valence-corrected chi connectivity index (χ1v) is 8.83. The van der Waals surface area contributed by atoms with E-state index in [9.17, 15) is 9.90 Å². The zero-order valence-corrected chi connectivity index (χ0v) is 14.9. The van der Waals surface area contributed by atoms with Crippen molar-refractivity contribution in [2.45, 2.75) is 18.5 Å². The van der Waals surface area contributed by atoms with Gasteiger partial charge in [0.05, 0.1) is 0 Å². The molecule has 0 aromatic heterocycles. The summed E-state index contributed by atoms with van der Waals surface area (Å²) < 4.78 is 0. The topological polar surface area (TPSA) is 49.3 Å². The molecular weight excluding hydrogens is 346 g/mol. The predicted octanol–water partition coefficient (Wildman–Crippen LogP) is 5.04. The van der Waals surface area contributed by atoms with Gasteiger partial charge in [-0.25, -0.2) is 0 Å². The number of rotatable bonds is 7. The minimum Gasteiger partial charge on any atom is -0.481 e. The molecule has 0 radical (unpaired) electrons. The Bertz CT molecular complexity index is 835. The van der Waals surface area contributed by atoms with Crippen molar-refractivity contribution in [1.82, 2.24) is 5.32 Å². The molecule has 0 heterocycles. The minimum atomic E-state index is -0.864. The summed E-state index contributed by atoms with van der Waals surface area (Å²) in [4.78, 5) is 12.1. The van der Waals surface area contributed by atoms with Gasteiger partial charge in [0.25, 0.3) is 0 Å². The highest BCUT2D eigenvalue weighted by molar-refractivity contribution is 6.30. The number of carboxylic acids is 1. The van der Waals surface area contributed by atoms with Crippen LogP contribution >= 0.6 is 11.6 Å². The molecule has 2 unspecified atom stereocenters. The van der Waals surface area contributed by atoms with Crippen molar-refractivity contribution in [3.05, 3.63) is 107 Å². The third-order valence-corrected chi connectivity index (χ3v) is 4.61. The van der Waals surface area contributed by atoms with Gasteiger partial charge in [-0.3, -0.25) is 4.79 Å². The summed E-state index contributed by atoms with van der Waals surface area (Å²) in [5.74, 6) is -1.57. The fourth-order valence-corrected chi connectivity index (χ4v) is 3.19. The molecular formula is C22H20ClNO2. The lowest BCUT2D eigenvalue weighted by Crippen LogP contribution is -2.31. The van der Waals surface area contributed by atoms with Gasteiger partial charge < -0.3 is 10.4 Å². The van der Waals surface area contributed by atoms with E-state index in [1.165, 1.54) is 0 Å². The summed E-state index contributed by atoms with van der Waals surface area (Å²) in [7, 11) is 0. The van der Waals surface area contributed by atoms with E-state index in [0.29, 0.717) is 11.6 Å². The molecule has 0 spiro atoms. The molecule has 3 nitrogen and oxygen atoms in total. The van der Waals surface area contributed by atoms with Gasteiger partial charge in [-0.2, -0.15) is 0 Å². The maximum atomic E-state index is 12.1. The highest BCUT2D eigenvalue weighted by atomic mass is 35.5. The Morgan fingerprint density at radius 3 is 2.00 bits per heavy atom. The molecule has 0 aliphatic heterocycles. The van der Waals surface area contributed by atoms with Crippen LogP contribution in [0.2, 0.25) is 5.02 Å². The van der Waals surface area contributed by atoms with E-state index in [2.05, 4.69) is 5.32 Å². The first-order chi connectivity index (χ1) is 12.6. The Kier molecular flexibility index (Phi) is 6.05. The van der Waals surface area contributed by atoms with Crippen LogP contribution in [0.5, 0.6) is 0 Å². The SMILES string of the molecule is O=C(O)C(c1ccccc1)C(NCc1ccccc1)c1ccc(Cl)cc1. The fourth-order valence-electron chi connectivity index (χ4n) is 3.06. The van der Waals surface area contributed by atoms with Gasteiger partial charge in [-0.15, -0.1) is 0 Å². The molecule has 0 aliphatic rings. The first-order valence-electron chi connectivity index (χ1n) is 8.45. The van der Waals surface area contributed by atoms with Crippen LogP contribution in [0.4, 0.5) is 0 Å². The highest BCUT2D eigenvalue weighted by Crippen LogP contribution is 2.32.